The van der Waals surface area contributed by atoms with E-state index in [-0.39, 0.29) is 17.8 Å². The number of fused-ring (bicyclic) bond motifs is 1. The van der Waals surface area contributed by atoms with Crippen molar-refractivity contribution in [3.63, 3.8) is 0 Å². The Morgan fingerprint density at radius 1 is 1.00 bits per heavy atom. The van der Waals surface area contributed by atoms with Crippen LogP contribution in [-0.4, -0.2) is 51.6 Å². The van der Waals surface area contributed by atoms with Crippen molar-refractivity contribution in [1.29, 1.82) is 0 Å². The minimum Gasteiger partial charge on any atom is -0.486 e. The van der Waals surface area contributed by atoms with Crippen LogP contribution in [0.3, 0.4) is 0 Å². The van der Waals surface area contributed by atoms with E-state index >= 15 is 0 Å². The Hall–Kier alpha value is -1.01. The van der Waals surface area contributed by atoms with Crippen molar-refractivity contribution < 1.29 is 14.2 Å². The zero-order valence-electron chi connectivity index (χ0n) is 17.3. The van der Waals surface area contributed by atoms with Gasteiger partial charge >= 0.3 is 0 Å². The number of nitrogens with one attached hydrogen (secondary N) is 2. The van der Waals surface area contributed by atoms with Crippen LogP contribution in [0.5, 0.6) is 11.5 Å². The fourth-order valence-corrected chi connectivity index (χ4v) is 5.90. The molecule has 0 amide bonds. The summed E-state index contributed by atoms with van der Waals surface area (Å²) in [5, 5.41) is 7.72. The second-order valence-corrected chi connectivity index (χ2v) is 9.06. The van der Waals surface area contributed by atoms with Crippen molar-refractivity contribution >= 4 is 12.4 Å². The number of rotatable bonds is 5. The summed E-state index contributed by atoms with van der Waals surface area (Å²) in [7, 11) is 0. The summed E-state index contributed by atoms with van der Waals surface area (Å²) in [5.41, 5.74) is 1.66. The highest BCUT2D eigenvalue weighted by atomic mass is 35.5. The molecule has 1 aromatic rings. The van der Waals surface area contributed by atoms with Crippen molar-refractivity contribution in [2.45, 2.75) is 62.4 Å². The second-order valence-electron chi connectivity index (χ2n) is 9.06. The Bertz CT molecular complexity index is 674. The lowest BCUT2D eigenvalue weighted by Crippen LogP contribution is -2.52. The van der Waals surface area contributed by atoms with Crippen LogP contribution in [0.4, 0.5) is 0 Å². The molecule has 3 unspecified atom stereocenters. The van der Waals surface area contributed by atoms with Gasteiger partial charge in [0, 0.05) is 30.6 Å². The monoisotopic (exact) mass is 422 g/mol. The van der Waals surface area contributed by atoms with Gasteiger partial charge in [0.2, 0.25) is 0 Å². The van der Waals surface area contributed by atoms with Gasteiger partial charge in [-0.25, -0.2) is 0 Å². The fraction of sp³-hybridized carbons (Fsp3) is 0.739. The maximum absolute atomic E-state index is 5.88. The van der Waals surface area contributed by atoms with Crippen molar-refractivity contribution in [3.8, 4) is 11.5 Å². The molecule has 2 saturated carbocycles. The van der Waals surface area contributed by atoms with E-state index < -0.39 is 0 Å². The molecule has 3 atom stereocenters. The van der Waals surface area contributed by atoms with Gasteiger partial charge in [-0.15, -0.1) is 12.4 Å². The molecule has 2 heterocycles. The number of morpholine rings is 1. The van der Waals surface area contributed by atoms with Crippen molar-refractivity contribution in [2.24, 2.45) is 5.92 Å². The molecule has 6 heteroatoms. The zero-order chi connectivity index (χ0) is 18.8. The van der Waals surface area contributed by atoms with Crippen LogP contribution in [0, 0.1) is 5.92 Å². The van der Waals surface area contributed by atoms with Crippen LogP contribution in [0.15, 0.2) is 18.2 Å². The summed E-state index contributed by atoms with van der Waals surface area (Å²) in [4.78, 5) is 0. The molecular weight excluding hydrogens is 388 g/mol. The third-order valence-electron chi connectivity index (χ3n) is 7.45. The molecule has 2 N–H and O–H groups in total. The van der Waals surface area contributed by atoms with Gasteiger partial charge in [-0.05, 0) is 49.3 Å². The highest BCUT2D eigenvalue weighted by Gasteiger charge is 2.39. The van der Waals surface area contributed by atoms with E-state index in [9.17, 15) is 0 Å². The van der Waals surface area contributed by atoms with Crippen molar-refractivity contribution in [1.82, 2.24) is 10.6 Å². The average molecular weight is 423 g/mol. The molecule has 1 aromatic carbocycles. The first-order valence-electron chi connectivity index (χ1n) is 11.3. The van der Waals surface area contributed by atoms with Crippen LogP contribution in [0.25, 0.3) is 0 Å². The van der Waals surface area contributed by atoms with Crippen LogP contribution >= 0.6 is 12.4 Å². The van der Waals surface area contributed by atoms with Crippen LogP contribution in [0.2, 0.25) is 0 Å². The van der Waals surface area contributed by atoms with Crippen LogP contribution < -0.4 is 20.1 Å². The van der Waals surface area contributed by atoms with Gasteiger partial charge in [-0.1, -0.05) is 25.3 Å². The maximum Gasteiger partial charge on any atom is 0.161 e. The summed E-state index contributed by atoms with van der Waals surface area (Å²) in [6.45, 7) is 5.10. The SMILES string of the molecule is Cl.c1cc2c(cc1C1(CNC3CCCC3C3COCCN3)CCCC1)OCCO2. The topological polar surface area (TPSA) is 51.8 Å². The summed E-state index contributed by atoms with van der Waals surface area (Å²) >= 11 is 0. The third-order valence-corrected chi connectivity index (χ3v) is 7.45. The van der Waals surface area contributed by atoms with E-state index in [4.69, 9.17) is 14.2 Å². The molecule has 3 fully saturated rings. The van der Waals surface area contributed by atoms with E-state index in [0.29, 0.717) is 31.2 Å². The number of halogens is 1. The predicted molar refractivity (Wildman–Crippen MR) is 117 cm³/mol. The summed E-state index contributed by atoms with van der Waals surface area (Å²) < 4.78 is 17.4. The quantitative estimate of drug-likeness (QED) is 0.761. The van der Waals surface area contributed by atoms with E-state index in [1.165, 1.54) is 50.5 Å². The minimum atomic E-state index is 0. The van der Waals surface area contributed by atoms with Gasteiger partial charge in [-0.3, -0.25) is 0 Å². The summed E-state index contributed by atoms with van der Waals surface area (Å²) in [6.07, 6.45) is 9.11. The second kappa shape index (κ2) is 9.42. The zero-order valence-corrected chi connectivity index (χ0v) is 18.1. The predicted octanol–water partition coefficient (Wildman–Crippen LogP) is 3.44. The van der Waals surface area contributed by atoms with E-state index in [0.717, 1.165) is 37.8 Å². The number of hydrogen-bond donors (Lipinski definition) is 2. The number of benzene rings is 1. The Morgan fingerprint density at radius 2 is 1.83 bits per heavy atom. The van der Waals surface area contributed by atoms with E-state index in [2.05, 4.69) is 28.8 Å². The molecule has 2 aliphatic heterocycles. The van der Waals surface area contributed by atoms with E-state index in [1.807, 2.05) is 0 Å². The average Bonchev–Trinajstić information content (AvgIpc) is 3.43. The lowest BCUT2D eigenvalue weighted by molar-refractivity contribution is 0.0521. The molecule has 29 heavy (non-hydrogen) atoms. The number of hydrogen-bond acceptors (Lipinski definition) is 5. The molecule has 1 saturated heterocycles. The smallest absolute Gasteiger partial charge is 0.161 e. The molecule has 0 spiro atoms. The molecule has 0 radical (unpaired) electrons. The molecular formula is C23H35ClN2O3. The van der Waals surface area contributed by atoms with Gasteiger partial charge in [0.25, 0.3) is 0 Å². The lowest BCUT2D eigenvalue weighted by atomic mass is 9.78. The van der Waals surface area contributed by atoms with Crippen LogP contribution in [-0.2, 0) is 10.2 Å². The minimum absolute atomic E-state index is 0. The Labute approximate surface area is 180 Å². The number of ether oxygens (including phenoxy) is 3. The molecule has 162 valence electrons. The van der Waals surface area contributed by atoms with E-state index in [1.54, 1.807) is 0 Å². The molecule has 5 rings (SSSR count). The highest BCUT2D eigenvalue weighted by Crippen LogP contribution is 2.44. The molecule has 0 bridgehead atoms. The van der Waals surface area contributed by atoms with Gasteiger partial charge in [-0.2, -0.15) is 0 Å². The molecule has 4 aliphatic rings. The largest absolute Gasteiger partial charge is 0.486 e. The summed E-state index contributed by atoms with van der Waals surface area (Å²) in [5.74, 6) is 2.52. The standard InChI is InChI=1S/C23H34N2O3.ClH/c1-2-9-23(8-1,17-6-7-21-22(14-17)28-13-12-27-21)16-25-19-5-3-4-18(19)20-15-26-11-10-24-20;/h6-7,14,18-20,24-25H,1-5,8-13,15-16H2;1H. The first-order valence-corrected chi connectivity index (χ1v) is 11.3. The van der Waals surface area contributed by atoms with Gasteiger partial charge < -0.3 is 24.8 Å². The van der Waals surface area contributed by atoms with Crippen LogP contribution in [0.1, 0.15) is 50.5 Å². The normalized spacial score (nSPS) is 30.7. The Kier molecular flexibility index (Phi) is 6.90. The van der Waals surface area contributed by atoms with Crippen molar-refractivity contribution in [3.05, 3.63) is 23.8 Å². The Balaban J connectivity index is 0.00000205. The third kappa shape index (κ3) is 4.39. The van der Waals surface area contributed by atoms with Gasteiger partial charge in [0.05, 0.1) is 13.2 Å². The first kappa shape index (κ1) is 21.2. The molecule has 0 aromatic heterocycles. The maximum atomic E-state index is 5.88. The molecule has 2 aliphatic carbocycles. The fourth-order valence-electron chi connectivity index (χ4n) is 5.90. The van der Waals surface area contributed by atoms with Gasteiger partial charge in [0.15, 0.2) is 11.5 Å². The lowest BCUT2D eigenvalue weighted by Gasteiger charge is -2.36. The summed E-state index contributed by atoms with van der Waals surface area (Å²) in [6, 6.07) is 7.77. The first-order chi connectivity index (χ1) is 13.8. The highest BCUT2D eigenvalue weighted by molar-refractivity contribution is 5.85. The van der Waals surface area contributed by atoms with Gasteiger partial charge in [0.1, 0.15) is 13.2 Å². The molecule has 5 nitrogen and oxygen atoms in total. The Morgan fingerprint density at radius 3 is 2.62 bits per heavy atom. The van der Waals surface area contributed by atoms with Crippen molar-refractivity contribution in [2.75, 3.05) is 39.5 Å².